The maximum absolute atomic E-state index is 13.0. The van der Waals surface area contributed by atoms with Crippen LogP contribution in [-0.2, 0) is 11.0 Å². The van der Waals surface area contributed by atoms with Gasteiger partial charge in [-0.25, -0.2) is 4.98 Å². The number of hydrogen-bond acceptors (Lipinski definition) is 3. The van der Waals surface area contributed by atoms with Crippen LogP contribution in [0.5, 0.6) is 0 Å². The van der Waals surface area contributed by atoms with E-state index in [1.807, 2.05) is 0 Å². The molecule has 0 aliphatic heterocycles. The number of aromatic nitrogens is 1. The molecular weight excluding hydrogens is 384 g/mol. The van der Waals surface area contributed by atoms with Crippen LogP contribution in [0.3, 0.4) is 0 Å². The van der Waals surface area contributed by atoms with E-state index < -0.39 is 22.9 Å². The van der Waals surface area contributed by atoms with E-state index in [0.29, 0.717) is 10.0 Å². The van der Waals surface area contributed by atoms with Gasteiger partial charge in [0, 0.05) is 11.2 Å². The van der Waals surface area contributed by atoms with Crippen LogP contribution in [-0.4, -0.2) is 16.1 Å². The summed E-state index contributed by atoms with van der Waals surface area (Å²) in [6, 6.07) is 6.42. The standard InChI is InChI=1S/C15H11Cl2F3N2OS/c1-8(24-14-11(17)3-2-6-21-14)13(23)22-12-5-4-9(16)7-10(12)15(18,19)20/h2-8H,1H3,(H,22,23). The molecule has 0 spiro atoms. The van der Waals surface area contributed by atoms with Crippen molar-refractivity contribution in [1.82, 2.24) is 4.98 Å². The first-order chi connectivity index (χ1) is 11.2. The molecule has 1 heterocycles. The summed E-state index contributed by atoms with van der Waals surface area (Å²) in [7, 11) is 0. The molecule has 24 heavy (non-hydrogen) atoms. The summed E-state index contributed by atoms with van der Waals surface area (Å²) >= 11 is 12.6. The normalized spacial score (nSPS) is 12.8. The molecule has 0 saturated heterocycles. The average Bonchev–Trinajstić information content (AvgIpc) is 2.50. The van der Waals surface area contributed by atoms with Gasteiger partial charge in [-0.05, 0) is 37.3 Å². The molecule has 1 atom stereocenters. The van der Waals surface area contributed by atoms with Crippen LogP contribution >= 0.6 is 35.0 Å². The lowest BCUT2D eigenvalue weighted by molar-refractivity contribution is -0.137. The van der Waals surface area contributed by atoms with Gasteiger partial charge in [0.05, 0.1) is 21.5 Å². The van der Waals surface area contributed by atoms with Crippen LogP contribution in [0.25, 0.3) is 0 Å². The number of thioether (sulfide) groups is 1. The highest BCUT2D eigenvalue weighted by Crippen LogP contribution is 2.37. The number of halogens is 5. The van der Waals surface area contributed by atoms with E-state index in [-0.39, 0.29) is 10.7 Å². The van der Waals surface area contributed by atoms with Crippen LogP contribution in [0.4, 0.5) is 18.9 Å². The number of nitrogens with one attached hydrogen (secondary N) is 1. The first-order valence-electron chi connectivity index (χ1n) is 6.63. The Hall–Kier alpha value is -1.44. The molecule has 2 aromatic rings. The van der Waals surface area contributed by atoms with Gasteiger partial charge < -0.3 is 5.32 Å². The van der Waals surface area contributed by atoms with E-state index >= 15 is 0 Å². The third kappa shape index (κ3) is 4.78. The van der Waals surface area contributed by atoms with Crippen molar-refractivity contribution in [2.75, 3.05) is 5.32 Å². The van der Waals surface area contributed by atoms with Crippen molar-refractivity contribution in [2.24, 2.45) is 0 Å². The zero-order valence-electron chi connectivity index (χ0n) is 12.2. The van der Waals surface area contributed by atoms with Crippen LogP contribution in [0, 0.1) is 0 Å². The van der Waals surface area contributed by atoms with Crippen molar-refractivity contribution in [2.45, 2.75) is 23.4 Å². The van der Waals surface area contributed by atoms with Gasteiger partial charge in [-0.3, -0.25) is 4.79 Å². The molecular formula is C15H11Cl2F3N2OS. The predicted octanol–water partition coefficient (Wildman–Crippen LogP) is 5.53. The van der Waals surface area contributed by atoms with E-state index in [9.17, 15) is 18.0 Å². The summed E-state index contributed by atoms with van der Waals surface area (Å²) in [5.74, 6) is -0.602. The molecule has 1 aromatic carbocycles. The summed E-state index contributed by atoms with van der Waals surface area (Å²) in [5.41, 5.74) is -1.35. The molecule has 1 amide bonds. The Morgan fingerprint density at radius 3 is 2.62 bits per heavy atom. The third-order valence-electron chi connectivity index (χ3n) is 2.93. The summed E-state index contributed by atoms with van der Waals surface area (Å²) in [5, 5.41) is 2.30. The maximum Gasteiger partial charge on any atom is 0.418 e. The van der Waals surface area contributed by atoms with Crippen molar-refractivity contribution < 1.29 is 18.0 Å². The molecule has 9 heteroatoms. The monoisotopic (exact) mass is 394 g/mol. The summed E-state index contributed by atoms with van der Waals surface area (Å²) in [6.07, 6.45) is -3.12. The zero-order chi connectivity index (χ0) is 17.9. The first-order valence-corrected chi connectivity index (χ1v) is 8.27. The minimum atomic E-state index is -4.63. The van der Waals surface area contributed by atoms with E-state index in [1.54, 1.807) is 19.1 Å². The predicted molar refractivity (Wildman–Crippen MR) is 89.6 cm³/mol. The summed E-state index contributed by atoms with van der Waals surface area (Å²) in [6.45, 7) is 1.55. The minimum Gasteiger partial charge on any atom is -0.325 e. The van der Waals surface area contributed by atoms with Crippen molar-refractivity contribution in [3.63, 3.8) is 0 Å². The van der Waals surface area contributed by atoms with Crippen LogP contribution in [0.1, 0.15) is 12.5 Å². The number of alkyl halides is 3. The molecule has 0 radical (unpaired) electrons. The Balaban J connectivity index is 2.16. The highest BCUT2D eigenvalue weighted by Gasteiger charge is 2.34. The zero-order valence-corrected chi connectivity index (χ0v) is 14.5. The van der Waals surface area contributed by atoms with Gasteiger partial charge in [-0.15, -0.1) is 0 Å². The van der Waals surface area contributed by atoms with E-state index in [4.69, 9.17) is 23.2 Å². The average molecular weight is 395 g/mol. The lowest BCUT2D eigenvalue weighted by Gasteiger charge is -2.16. The molecule has 0 aliphatic carbocycles. The fourth-order valence-corrected chi connectivity index (χ4v) is 3.00. The van der Waals surface area contributed by atoms with Gasteiger partial charge in [0.1, 0.15) is 5.03 Å². The van der Waals surface area contributed by atoms with Gasteiger partial charge in [0.2, 0.25) is 5.91 Å². The molecule has 2 rings (SSSR count). The number of rotatable bonds is 4. The van der Waals surface area contributed by atoms with Crippen LogP contribution in [0.15, 0.2) is 41.6 Å². The number of pyridine rings is 1. The molecule has 3 nitrogen and oxygen atoms in total. The Kier molecular flexibility index (Phi) is 6.01. The first kappa shape index (κ1) is 18.9. The van der Waals surface area contributed by atoms with Crippen molar-refractivity contribution in [1.29, 1.82) is 0 Å². The number of hydrogen-bond donors (Lipinski definition) is 1. The van der Waals surface area contributed by atoms with Crippen LogP contribution in [0.2, 0.25) is 10.0 Å². The smallest absolute Gasteiger partial charge is 0.325 e. The van der Waals surface area contributed by atoms with Gasteiger partial charge in [0.25, 0.3) is 0 Å². The van der Waals surface area contributed by atoms with Gasteiger partial charge in [-0.2, -0.15) is 13.2 Å². The van der Waals surface area contributed by atoms with E-state index in [0.717, 1.165) is 23.9 Å². The lowest BCUT2D eigenvalue weighted by atomic mass is 10.1. The van der Waals surface area contributed by atoms with Crippen molar-refractivity contribution in [3.8, 4) is 0 Å². The van der Waals surface area contributed by atoms with E-state index in [2.05, 4.69) is 10.3 Å². The lowest BCUT2D eigenvalue weighted by Crippen LogP contribution is -2.24. The number of amides is 1. The SMILES string of the molecule is CC(Sc1ncccc1Cl)C(=O)Nc1ccc(Cl)cc1C(F)(F)F. The number of nitrogens with zero attached hydrogens (tertiary/aromatic N) is 1. The topological polar surface area (TPSA) is 42.0 Å². The molecule has 1 aromatic heterocycles. The summed E-state index contributed by atoms with van der Waals surface area (Å²) in [4.78, 5) is 16.2. The Morgan fingerprint density at radius 1 is 1.29 bits per heavy atom. The largest absolute Gasteiger partial charge is 0.418 e. The van der Waals surface area contributed by atoms with Gasteiger partial charge in [0.15, 0.2) is 0 Å². The maximum atomic E-state index is 13.0. The van der Waals surface area contributed by atoms with Gasteiger partial charge >= 0.3 is 6.18 Å². The molecule has 0 fully saturated rings. The van der Waals surface area contributed by atoms with Gasteiger partial charge in [-0.1, -0.05) is 35.0 Å². The van der Waals surface area contributed by atoms with Crippen molar-refractivity contribution >= 4 is 46.6 Å². The molecule has 128 valence electrons. The second-order valence-corrected chi connectivity index (χ2v) is 6.90. The number of anilines is 1. The molecule has 0 aliphatic rings. The van der Waals surface area contributed by atoms with Crippen molar-refractivity contribution in [3.05, 3.63) is 52.1 Å². The minimum absolute atomic E-state index is 0.0667. The second kappa shape index (κ2) is 7.63. The Morgan fingerprint density at radius 2 is 2.00 bits per heavy atom. The number of benzene rings is 1. The Labute approximate surface area is 150 Å². The second-order valence-electron chi connectivity index (χ2n) is 4.73. The number of carbonyl (C=O) groups is 1. The quantitative estimate of drug-likeness (QED) is 0.693. The third-order valence-corrected chi connectivity index (χ3v) is 4.70. The Bertz CT molecular complexity index is 756. The fourth-order valence-electron chi connectivity index (χ4n) is 1.77. The molecule has 0 saturated carbocycles. The summed E-state index contributed by atoms with van der Waals surface area (Å²) < 4.78 is 39.1. The van der Waals surface area contributed by atoms with E-state index in [1.165, 1.54) is 12.3 Å². The fraction of sp³-hybridized carbons (Fsp3) is 0.200. The van der Waals surface area contributed by atoms with Crippen LogP contribution < -0.4 is 5.32 Å². The molecule has 1 unspecified atom stereocenters. The molecule has 0 bridgehead atoms. The highest BCUT2D eigenvalue weighted by molar-refractivity contribution is 8.00. The molecule has 1 N–H and O–H groups in total. The highest BCUT2D eigenvalue weighted by atomic mass is 35.5. The number of carbonyl (C=O) groups excluding carboxylic acids is 1.